The summed E-state index contributed by atoms with van der Waals surface area (Å²) >= 11 is 0. The molecule has 29 heavy (non-hydrogen) atoms. The summed E-state index contributed by atoms with van der Waals surface area (Å²) in [4.78, 5) is 26.0. The fraction of sp³-hybridized carbons (Fsp3) is 0.600. The van der Waals surface area contributed by atoms with Gasteiger partial charge in [0, 0.05) is 39.1 Å². The van der Waals surface area contributed by atoms with Crippen molar-refractivity contribution in [3.05, 3.63) is 30.3 Å². The molecule has 0 aliphatic carbocycles. The molecular formula is C20H31N3O6. The van der Waals surface area contributed by atoms with Gasteiger partial charge in [0.15, 0.2) is 0 Å². The Morgan fingerprint density at radius 1 is 0.931 bits per heavy atom. The minimum atomic E-state index is -0.583. The average Bonchev–Trinajstić information content (AvgIpc) is 2.73. The number of carbonyl (C=O) groups excluding carboxylic acids is 2. The van der Waals surface area contributed by atoms with Gasteiger partial charge in [-0.3, -0.25) is 4.79 Å². The lowest BCUT2D eigenvalue weighted by Crippen LogP contribution is -2.39. The number of amides is 2. The molecule has 0 saturated carbocycles. The van der Waals surface area contributed by atoms with Crippen LogP contribution in [0.2, 0.25) is 0 Å². The molecule has 0 radical (unpaired) electrons. The van der Waals surface area contributed by atoms with Gasteiger partial charge in [0.25, 0.3) is 0 Å². The lowest BCUT2D eigenvalue weighted by Gasteiger charge is -2.23. The van der Waals surface area contributed by atoms with Gasteiger partial charge in [-0.1, -0.05) is 18.2 Å². The van der Waals surface area contributed by atoms with E-state index in [-0.39, 0.29) is 18.9 Å². The standard InChI is InChI=1S/C20H31N3O6/c24-19(6-7-22-20(25)29-18-4-2-1-3-5-18)23-10-14-26-12-8-21-9-13-27-16-17-28-15-11-23/h1-5,21H,6-17H2,(H,22,25). The van der Waals surface area contributed by atoms with Crippen molar-refractivity contribution >= 4 is 12.0 Å². The maximum atomic E-state index is 12.5. The van der Waals surface area contributed by atoms with Crippen LogP contribution in [0.4, 0.5) is 4.79 Å². The van der Waals surface area contributed by atoms with Crippen molar-refractivity contribution in [1.82, 2.24) is 15.5 Å². The van der Waals surface area contributed by atoms with Crippen molar-refractivity contribution in [1.29, 1.82) is 0 Å². The van der Waals surface area contributed by atoms with E-state index in [1.165, 1.54) is 0 Å². The van der Waals surface area contributed by atoms with Gasteiger partial charge in [0.1, 0.15) is 5.75 Å². The third-order valence-corrected chi connectivity index (χ3v) is 4.14. The van der Waals surface area contributed by atoms with Gasteiger partial charge in [-0.05, 0) is 12.1 Å². The van der Waals surface area contributed by atoms with Gasteiger partial charge in [-0.15, -0.1) is 0 Å². The minimum Gasteiger partial charge on any atom is -0.410 e. The molecule has 2 amide bonds. The first-order valence-corrected chi connectivity index (χ1v) is 9.98. The summed E-state index contributed by atoms with van der Waals surface area (Å²) < 4.78 is 21.7. The summed E-state index contributed by atoms with van der Waals surface area (Å²) in [6.07, 6.45) is -0.408. The number of benzene rings is 1. The number of para-hydroxylation sites is 1. The smallest absolute Gasteiger partial charge is 0.410 e. The van der Waals surface area contributed by atoms with Crippen molar-refractivity contribution in [3.63, 3.8) is 0 Å². The van der Waals surface area contributed by atoms with Crippen LogP contribution >= 0.6 is 0 Å². The van der Waals surface area contributed by atoms with Crippen LogP contribution in [-0.2, 0) is 19.0 Å². The molecule has 0 unspecified atom stereocenters. The summed E-state index contributed by atoms with van der Waals surface area (Å²) in [5.41, 5.74) is 0. The molecule has 1 aromatic rings. The molecule has 1 heterocycles. The predicted octanol–water partition coefficient (Wildman–Crippen LogP) is 0.647. The van der Waals surface area contributed by atoms with Gasteiger partial charge in [-0.25, -0.2) is 4.79 Å². The molecule has 162 valence electrons. The zero-order valence-corrected chi connectivity index (χ0v) is 16.8. The van der Waals surface area contributed by atoms with Gasteiger partial charge in [0.05, 0.1) is 39.6 Å². The average molecular weight is 409 g/mol. The van der Waals surface area contributed by atoms with Gasteiger partial charge >= 0.3 is 6.09 Å². The van der Waals surface area contributed by atoms with Crippen molar-refractivity contribution < 1.29 is 28.5 Å². The Morgan fingerprint density at radius 2 is 1.55 bits per heavy atom. The number of hydrogen-bond acceptors (Lipinski definition) is 7. The number of ether oxygens (including phenoxy) is 4. The lowest BCUT2D eigenvalue weighted by molar-refractivity contribution is -0.132. The number of nitrogens with one attached hydrogen (secondary N) is 2. The SMILES string of the molecule is O=C(NCCC(=O)N1CCOCCNCCOCCOCC1)Oc1ccccc1. The Kier molecular flexibility index (Phi) is 11.7. The van der Waals surface area contributed by atoms with Gasteiger partial charge in [0.2, 0.25) is 5.91 Å². The van der Waals surface area contributed by atoms with Crippen LogP contribution in [0.5, 0.6) is 5.75 Å². The molecule has 1 saturated heterocycles. The second-order valence-corrected chi connectivity index (χ2v) is 6.35. The van der Waals surface area contributed by atoms with E-state index in [1.807, 2.05) is 6.07 Å². The number of hydrogen-bond donors (Lipinski definition) is 2. The second-order valence-electron chi connectivity index (χ2n) is 6.35. The van der Waals surface area contributed by atoms with E-state index >= 15 is 0 Å². The Hall–Kier alpha value is -2.20. The lowest BCUT2D eigenvalue weighted by atomic mass is 10.3. The highest BCUT2D eigenvalue weighted by Crippen LogP contribution is 2.08. The Bertz CT molecular complexity index is 571. The molecule has 1 aromatic carbocycles. The van der Waals surface area contributed by atoms with E-state index in [4.69, 9.17) is 18.9 Å². The summed E-state index contributed by atoms with van der Waals surface area (Å²) in [6.45, 7) is 5.76. The van der Waals surface area contributed by atoms with Crippen LogP contribution in [0.1, 0.15) is 6.42 Å². The molecule has 1 aliphatic heterocycles. The normalized spacial score (nSPS) is 17.6. The maximum absolute atomic E-state index is 12.5. The Morgan fingerprint density at radius 3 is 2.24 bits per heavy atom. The van der Waals surface area contributed by atoms with Crippen molar-refractivity contribution in [2.75, 3.05) is 72.4 Å². The molecule has 0 aromatic heterocycles. The first-order valence-electron chi connectivity index (χ1n) is 9.98. The number of nitrogens with zero attached hydrogens (tertiary/aromatic N) is 1. The number of rotatable bonds is 4. The molecule has 9 heteroatoms. The Balaban J connectivity index is 1.70. The van der Waals surface area contributed by atoms with Crippen LogP contribution in [0.25, 0.3) is 0 Å². The highest BCUT2D eigenvalue weighted by atomic mass is 16.6. The van der Waals surface area contributed by atoms with Crippen LogP contribution in [0.3, 0.4) is 0 Å². The molecule has 0 bridgehead atoms. The van der Waals surface area contributed by atoms with E-state index in [1.54, 1.807) is 29.2 Å². The first kappa shape index (κ1) is 23.1. The fourth-order valence-electron chi connectivity index (χ4n) is 2.61. The van der Waals surface area contributed by atoms with E-state index in [0.717, 1.165) is 13.1 Å². The molecule has 2 N–H and O–H groups in total. The number of carbonyl (C=O) groups is 2. The maximum Gasteiger partial charge on any atom is 0.412 e. The largest absolute Gasteiger partial charge is 0.412 e. The fourth-order valence-corrected chi connectivity index (χ4v) is 2.61. The summed E-state index contributed by atoms with van der Waals surface area (Å²) in [5, 5.41) is 5.82. The van der Waals surface area contributed by atoms with Crippen LogP contribution in [0.15, 0.2) is 30.3 Å². The van der Waals surface area contributed by atoms with E-state index in [9.17, 15) is 9.59 Å². The van der Waals surface area contributed by atoms with Crippen molar-refractivity contribution in [2.45, 2.75) is 6.42 Å². The van der Waals surface area contributed by atoms with Crippen LogP contribution in [0, 0.1) is 0 Å². The third kappa shape index (κ3) is 10.8. The van der Waals surface area contributed by atoms with Crippen molar-refractivity contribution in [3.8, 4) is 5.75 Å². The topological polar surface area (TPSA) is 98.4 Å². The van der Waals surface area contributed by atoms with Crippen LogP contribution < -0.4 is 15.4 Å². The van der Waals surface area contributed by atoms with Gasteiger partial charge in [-0.2, -0.15) is 0 Å². The van der Waals surface area contributed by atoms with Gasteiger partial charge < -0.3 is 34.5 Å². The minimum absolute atomic E-state index is 0.0732. The highest BCUT2D eigenvalue weighted by Gasteiger charge is 2.14. The van der Waals surface area contributed by atoms with Crippen LogP contribution in [-0.4, -0.2) is 89.3 Å². The Labute approximate surface area is 171 Å². The zero-order chi connectivity index (χ0) is 20.6. The van der Waals surface area contributed by atoms with E-state index in [2.05, 4.69) is 10.6 Å². The van der Waals surface area contributed by atoms with E-state index in [0.29, 0.717) is 58.5 Å². The second kappa shape index (κ2) is 14.7. The zero-order valence-electron chi connectivity index (χ0n) is 16.8. The molecular weight excluding hydrogens is 378 g/mol. The molecule has 0 atom stereocenters. The summed E-state index contributed by atoms with van der Waals surface area (Å²) in [6, 6.07) is 8.77. The predicted molar refractivity (Wildman–Crippen MR) is 107 cm³/mol. The molecule has 2 rings (SSSR count). The van der Waals surface area contributed by atoms with Crippen molar-refractivity contribution in [2.24, 2.45) is 0 Å². The third-order valence-electron chi connectivity index (χ3n) is 4.14. The quantitative estimate of drug-likeness (QED) is 0.753. The molecule has 1 aliphatic rings. The molecule has 0 spiro atoms. The summed E-state index contributed by atoms with van der Waals surface area (Å²) in [7, 11) is 0. The monoisotopic (exact) mass is 409 g/mol. The molecule has 1 fully saturated rings. The summed E-state index contributed by atoms with van der Waals surface area (Å²) in [5.74, 6) is 0.380. The van der Waals surface area contributed by atoms with E-state index < -0.39 is 6.09 Å². The highest BCUT2D eigenvalue weighted by molar-refractivity contribution is 5.77. The molecule has 9 nitrogen and oxygen atoms in total. The first-order chi connectivity index (χ1) is 14.3.